The molecule has 1 amide bonds. The SMILES string of the molecule is CC(NCC1CCCCC1O)C(=O)N1CCCCCC1. The van der Waals surface area contributed by atoms with Gasteiger partial charge in [-0.3, -0.25) is 4.79 Å². The molecule has 2 aliphatic rings. The van der Waals surface area contributed by atoms with Crippen molar-refractivity contribution in [2.75, 3.05) is 19.6 Å². The number of aliphatic hydroxyl groups excluding tert-OH is 1. The molecule has 1 saturated carbocycles. The highest BCUT2D eigenvalue weighted by Gasteiger charge is 2.25. The van der Waals surface area contributed by atoms with Crippen LogP contribution >= 0.6 is 0 Å². The van der Waals surface area contributed by atoms with Crippen LogP contribution < -0.4 is 5.32 Å². The van der Waals surface area contributed by atoms with Gasteiger partial charge in [-0.15, -0.1) is 0 Å². The highest BCUT2D eigenvalue weighted by molar-refractivity contribution is 5.81. The van der Waals surface area contributed by atoms with Gasteiger partial charge in [-0.05, 0) is 38.5 Å². The second kappa shape index (κ2) is 7.99. The zero-order valence-corrected chi connectivity index (χ0v) is 12.8. The van der Waals surface area contributed by atoms with Crippen LogP contribution in [0.25, 0.3) is 0 Å². The number of hydrogen-bond acceptors (Lipinski definition) is 3. The van der Waals surface area contributed by atoms with Crippen LogP contribution in [-0.2, 0) is 4.79 Å². The van der Waals surface area contributed by atoms with Crippen molar-refractivity contribution in [2.24, 2.45) is 5.92 Å². The Hall–Kier alpha value is -0.610. The Bertz CT molecular complexity index is 301. The van der Waals surface area contributed by atoms with Crippen molar-refractivity contribution in [2.45, 2.75) is 70.4 Å². The van der Waals surface area contributed by atoms with Crippen molar-refractivity contribution in [3.63, 3.8) is 0 Å². The largest absolute Gasteiger partial charge is 0.393 e. The zero-order chi connectivity index (χ0) is 14.4. The van der Waals surface area contributed by atoms with E-state index in [-0.39, 0.29) is 18.1 Å². The third-order valence-electron chi connectivity index (χ3n) is 4.84. The molecular weight excluding hydrogens is 252 g/mol. The second-order valence-corrected chi connectivity index (χ2v) is 6.48. The van der Waals surface area contributed by atoms with Gasteiger partial charge in [0.05, 0.1) is 12.1 Å². The smallest absolute Gasteiger partial charge is 0.239 e. The lowest BCUT2D eigenvalue weighted by atomic mass is 9.86. The predicted molar refractivity (Wildman–Crippen MR) is 80.5 cm³/mol. The molecule has 0 bridgehead atoms. The first kappa shape index (κ1) is 15.8. The second-order valence-electron chi connectivity index (χ2n) is 6.48. The third-order valence-corrected chi connectivity index (χ3v) is 4.84. The van der Waals surface area contributed by atoms with Gasteiger partial charge in [0.25, 0.3) is 0 Å². The number of nitrogens with one attached hydrogen (secondary N) is 1. The van der Waals surface area contributed by atoms with E-state index in [1.54, 1.807) is 0 Å². The van der Waals surface area contributed by atoms with Crippen LogP contribution in [-0.4, -0.2) is 47.7 Å². The van der Waals surface area contributed by atoms with E-state index in [0.29, 0.717) is 5.92 Å². The average Bonchev–Trinajstić information content (AvgIpc) is 2.74. The van der Waals surface area contributed by atoms with Gasteiger partial charge < -0.3 is 15.3 Å². The molecule has 3 unspecified atom stereocenters. The Morgan fingerprint density at radius 3 is 2.45 bits per heavy atom. The van der Waals surface area contributed by atoms with Gasteiger partial charge in [0.2, 0.25) is 5.91 Å². The molecule has 20 heavy (non-hydrogen) atoms. The minimum Gasteiger partial charge on any atom is -0.393 e. The summed E-state index contributed by atoms with van der Waals surface area (Å²) in [6.45, 7) is 4.55. The highest BCUT2D eigenvalue weighted by Crippen LogP contribution is 2.23. The third kappa shape index (κ3) is 4.45. The summed E-state index contributed by atoms with van der Waals surface area (Å²) in [6, 6.07) is -0.123. The summed E-state index contributed by atoms with van der Waals surface area (Å²) >= 11 is 0. The van der Waals surface area contributed by atoms with E-state index < -0.39 is 0 Å². The number of amides is 1. The predicted octanol–water partition coefficient (Wildman–Crippen LogP) is 1.92. The van der Waals surface area contributed by atoms with Gasteiger partial charge in [-0.25, -0.2) is 0 Å². The molecule has 0 aromatic rings. The van der Waals surface area contributed by atoms with Crippen LogP contribution in [0.3, 0.4) is 0 Å². The summed E-state index contributed by atoms with van der Waals surface area (Å²) in [6.07, 6.45) is 8.94. The van der Waals surface area contributed by atoms with Crippen LogP contribution in [0.2, 0.25) is 0 Å². The molecule has 2 fully saturated rings. The molecule has 2 N–H and O–H groups in total. The van der Waals surface area contributed by atoms with Crippen molar-refractivity contribution in [1.29, 1.82) is 0 Å². The highest BCUT2D eigenvalue weighted by atomic mass is 16.3. The van der Waals surface area contributed by atoms with Gasteiger partial charge in [0, 0.05) is 19.6 Å². The van der Waals surface area contributed by atoms with E-state index in [1.165, 1.54) is 19.3 Å². The minimum absolute atomic E-state index is 0.123. The fourth-order valence-electron chi connectivity index (χ4n) is 3.41. The van der Waals surface area contributed by atoms with Crippen molar-refractivity contribution >= 4 is 5.91 Å². The summed E-state index contributed by atoms with van der Waals surface area (Å²) in [5.41, 5.74) is 0. The molecular formula is C16H30N2O2. The fourth-order valence-corrected chi connectivity index (χ4v) is 3.41. The standard InChI is InChI=1S/C16H30N2O2/c1-13(16(20)18-10-6-2-3-7-11-18)17-12-14-8-4-5-9-15(14)19/h13-15,17,19H,2-12H2,1H3. The molecule has 0 aromatic heterocycles. The molecule has 0 aromatic carbocycles. The molecule has 2 rings (SSSR count). The maximum Gasteiger partial charge on any atom is 0.239 e. The number of carbonyl (C=O) groups is 1. The number of nitrogens with zero attached hydrogens (tertiary/aromatic N) is 1. The van der Waals surface area contributed by atoms with Gasteiger partial charge >= 0.3 is 0 Å². The lowest BCUT2D eigenvalue weighted by Crippen LogP contribution is -2.47. The van der Waals surface area contributed by atoms with Crippen molar-refractivity contribution < 1.29 is 9.90 Å². The molecule has 0 radical (unpaired) electrons. The average molecular weight is 282 g/mol. The van der Waals surface area contributed by atoms with Gasteiger partial charge in [-0.2, -0.15) is 0 Å². The van der Waals surface area contributed by atoms with E-state index in [0.717, 1.165) is 51.7 Å². The first-order valence-electron chi connectivity index (χ1n) is 8.38. The molecule has 1 heterocycles. The summed E-state index contributed by atoms with van der Waals surface area (Å²) < 4.78 is 0. The first-order chi connectivity index (χ1) is 9.68. The monoisotopic (exact) mass is 282 g/mol. The summed E-state index contributed by atoms with van der Waals surface area (Å²) in [5.74, 6) is 0.556. The lowest BCUT2D eigenvalue weighted by molar-refractivity contribution is -0.133. The first-order valence-corrected chi connectivity index (χ1v) is 8.38. The Morgan fingerprint density at radius 2 is 1.80 bits per heavy atom. The van der Waals surface area contributed by atoms with Crippen LogP contribution in [0.4, 0.5) is 0 Å². The van der Waals surface area contributed by atoms with E-state index in [1.807, 2.05) is 11.8 Å². The Morgan fingerprint density at radius 1 is 1.15 bits per heavy atom. The van der Waals surface area contributed by atoms with Gasteiger partial charge in [0.15, 0.2) is 0 Å². The zero-order valence-electron chi connectivity index (χ0n) is 12.8. The lowest BCUT2D eigenvalue weighted by Gasteiger charge is -2.30. The minimum atomic E-state index is -0.184. The van der Waals surface area contributed by atoms with Crippen molar-refractivity contribution in [3.05, 3.63) is 0 Å². The van der Waals surface area contributed by atoms with E-state index in [4.69, 9.17) is 0 Å². The Labute approximate surface area is 122 Å². The van der Waals surface area contributed by atoms with Crippen LogP contribution in [0.1, 0.15) is 58.3 Å². The molecule has 3 atom stereocenters. The number of aliphatic hydroxyl groups is 1. The normalized spacial score (nSPS) is 29.8. The Kier molecular flexibility index (Phi) is 6.30. The molecule has 1 aliphatic heterocycles. The maximum absolute atomic E-state index is 12.4. The number of rotatable bonds is 4. The quantitative estimate of drug-likeness (QED) is 0.828. The molecule has 1 saturated heterocycles. The molecule has 116 valence electrons. The van der Waals surface area contributed by atoms with E-state index in [2.05, 4.69) is 5.32 Å². The van der Waals surface area contributed by atoms with Crippen LogP contribution in [0.5, 0.6) is 0 Å². The number of likely N-dealkylation sites (tertiary alicyclic amines) is 1. The summed E-state index contributed by atoms with van der Waals surface area (Å²) in [7, 11) is 0. The van der Waals surface area contributed by atoms with E-state index in [9.17, 15) is 9.90 Å². The van der Waals surface area contributed by atoms with Gasteiger partial charge in [0.1, 0.15) is 0 Å². The number of carbonyl (C=O) groups excluding carboxylic acids is 1. The van der Waals surface area contributed by atoms with Crippen LogP contribution in [0, 0.1) is 5.92 Å². The molecule has 4 heteroatoms. The summed E-state index contributed by atoms with van der Waals surface area (Å²) in [5, 5.41) is 13.3. The summed E-state index contributed by atoms with van der Waals surface area (Å²) in [4.78, 5) is 14.4. The van der Waals surface area contributed by atoms with Crippen LogP contribution in [0.15, 0.2) is 0 Å². The molecule has 1 aliphatic carbocycles. The number of hydrogen-bond donors (Lipinski definition) is 2. The topological polar surface area (TPSA) is 52.6 Å². The fraction of sp³-hybridized carbons (Fsp3) is 0.938. The van der Waals surface area contributed by atoms with Crippen molar-refractivity contribution in [3.8, 4) is 0 Å². The molecule has 4 nitrogen and oxygen atoms in total. The molecule has 0 spiro atoms. The van der Waals surface area contributed by atoms with Crippen molar-refractivity contribution in [1.82, 2.24) is 10.2 Å². The Balaban J connectivity index is 1.75. The maximum atomic E-state index is 12.4. The van der Waals surface area contributed by atoms with E-state index >= 15 is 0 Å². The van der Waals surface area contributed by atoms with Gasteiger partial charge in [-0.1, -0.05) is 25.7 Å².